The van der Waals surface area contributed by atoms with Crippen molar-refractivity contribution >= 4 is 45.7 Å². The Bertz CT molecular complexity index is 1350. The van der Waals surface area contributed by atoms with E-state index >= 15 is 0 Å². The number of thioether (sulfide) groups is 1. The van der Waals surface area contributed by atoms with Gasteiger partial charge in [0.2, 0.25) is 11.8 Å². The first-order valence-electron chi connectivity index (χ1n) is 13.4. The Balaban J connectivity index is 1.02. The number of benzene rings is 1. The number of hydrogen-bond donors (Lipinski definition) is 2. The molecule has 3 aromatic rings. The van der Waals surface area contributed by atoms with Crippen molar-refractivity contribution in [1.29, 1.82) is 0 Å². The van der Waals surface area contributed by atoms with Crippen molar-refractivity contribution < 1.29 is 14.0 Å². The minimum Gasteiger partial charge on any atom is -0.341 e. The maximum Gasteiger partial charge on any atom is 0.249 e. The molecule has 37 heavy (non-hydrogen) atoms. The summed E-state index contributed by atoms with van der Waals surface area (Å²) in [5.41, 5.74) is 1.43. The highest BCUT2D eigenvalue weighted by molar-refractivity contribution is 7.98. The average molecular weight is 539 g/mol. The first kappa shape index (κ1) is 23.9. The van der Waals surface area contributed by atoms with Crippen LogP contribution in [0.5, 0.6) is 0 Å². The lowest BCUT2D eigenvalue weighted by Crippen LogP contribution is -2.58. The predicted octanol–water partition coefficient (Wildman–Crippen LogP) is 5.57. The normalized spacial score (nSPS) is 30.8. The minimum absolute atomic E-state index is 0.240. The van der Waals surface area contributed by atoms with E-state index in [9.17, 15) is 14.0 Å². The van der Waals surface area contributed by atoms with Crippen molar-refractivity contribution in [2.24, 2.45) is 17.8 Å². The number of hydrogen-bond acceptors (Lipinski definition) is 6. The number of imide groups is 1. The zero-order chi connectivity index (χ0) is 25.1. The average Bonchev–Trinajstić information content (AvgIpc) is 3.47. The van der Waals surface area contributed by atoms with Crippen LogP contribution in [0.2, 0.25) is 0 Å². The van der Waals surface area contributed by atoms with Crippen LogP contribution >= 0.6 is 23.1 Å². The van der Waals surface area contributed by atoms with E-state index in [1.54, 1.807) is 35.4 Å². The maximum absolute atomic E-state index is 14.4. The Morgan fingerprint density at radius 1 is 1.14 bits per heavy atom. The van der Waals surface area contributed by atoms with Gasteiger partial charge in [-0.2, -0.15) is 0 Å². The van der Waals surface area contributed by atoms with Gasteiger partial charge in [0.05, 0.1) is 11.4 Å². The van der Waals surface area contributed by atoms with Gasteiger partial charge in [-0.25, -0.2) is 9.37 Å². The highest BCUT2D eigenvalue weighted by Gasteiger charge is 2.50. The first-order chi connectivity index (χ1) is 17.9. The summed E-state index contributed by atoms with van der Waals surface area (Å²) in [5.74, 6) is 2.61. The topological polar surface area (TPSA) is 76.0 Å². The molecule has 1 aromatic carbocycles. The summed E-state index contributed by atoms with van der Waals surface area (Å²) in [6.45, 7) is 0.826. The van der Waals surface area contributed by atoms with Crippen LogP contribution in [0.4, 0.5) is 4.39 Å². The molecule has 0 spiro atoms. The van der Waals surface area contributed by atoms with Gasteiger partial charge in [-0.05, 0) is 74.8 Å². The molecule has 4 saturated carbocycles. The minimum atomic E-state index is -0.450. The number of piperidine rings is 1. The maximum atomic E-state index is 14.4. The number of amides is 2. The van der Waals surface area contributed by atoms with Crippen LogP contribution in [0.3, 0.4) is 0 Å². The Hall–Kier alpha value is -2.23. The Kier molecular flexibility index (Phi) is 5.93. The number of rotatable bonds is 7. The fourth-order valence-corrected chi connectivity index (χ4v) is 9.60. The summed E-state index contributed by atoms with van der Waals surface area (Å²) in [5, 5.41) is 11.2. The van der Waals surface area contributed by atoms with Crippen molar-refractivity contribution in [2.45, 2.75) is 80.1 Å². The van der Waals surface area contributed by atoms with E-state index in [0.29, 0.717) is 24.1 Å². The van der Waals surface area contributed by atoms with Crippen molar-refractivity contribution in [1.82, 2.24) is 20.2 Å². The third kappa shape index (κ3) is 4.63. The zero-order valence-electron chi connectivity index (χ0n) is 20.7. The fraction of sp³-hybridized carbons (Fsp3) is 0.536. The smallest absolute Gasteiger partial charge is 0.249 e. The number of nitrogens with zero attached hydrogens (tertiary/aromatic N) is 2. The van der Waals surface area contributed by atoms with Crippen LogP contribution in [-0.4, -0.2) is 26.9 Å². The van der Waals surface area contributed by atoms with Crippen LogP contribution in [0.1, 0.15) is 68.1 Å². The molecule has 3 heterocycles. The van der Waals surface area contributed by atoms with Crippen LogP contribution < -0.4 is 10.6 Å². The molecule has 4 aliphatic carbocycles. The molecule has 1 atom stereocenters. The van der Waals surface area contributed by atoms with Gasteiger partial charge in [-0.1, -0.05) is 0 Å². The molecule has 5 fully saturated rings. The van der Waals surface area contributed by atoms with Crippen molar-refractivity contribution in [3.63, 3.8) is 0 Å². The summed E-state index contributed by atoms with van der Waals surface area (Å²) >= 11 is 3.24. The van der Waals surface area contributed by atoms with E-state index in [-0.39, 0.29) is 17.6 Å². The standard InChI is InChI=1S/C28H31FN4O2S2/c29-20-6-19-12-33(23-1-2-25(34)32-27(23)35)13-22(19)24(7-20)36-15-26-31-21(14-37-26)11-30-28-8-16-3-17(9-28)5-18(4-16)10-28/h6-7,12-14,16-18,23,30H,1-5,8-11,15H2,(H,32,34,35). The van der Waals surface area contributed by atoms with Gasteiger partial charge < -0.3 is 9.88 Å². The van der Waals surface area contributed by atoms with Crippen molar-refractivity contribution in [3.8, 4) is 0 Å². The van der Waals surface area contributed by atoms with E-state index in [4.69, 9.17) is 4.98 Å². The largest absolute Gasteiger partial charge is 0.341 e. The van der Waals surface area contributed by atoms with Gasteiger partial charge in [0, 0.05) is 51.9 Å². The highest BCUT2D eigenvalue weighted by Crippen LogP contribution is 2.55. The zero-order valence-corrected chi connectivity index (χ0v) is 22.3. The molecular weight excluding hydrogens is 507 g/mol. The summed E-state index contributed by atoms with van der Waals surface area (Å²) in [6, 6.07) is 2.61. The number of carbonyl (C=O) groups is 2. The van der Waals surface area contributed by atoms with Crippen LogP contribution in [-0.2, 0) is 21.9 Å². The summed E-state index contributed by atoms with van der Waals surface area (Å²) < 4.78 is 16.3. The molecule has 0 radical (unpaired) electrons. The van der Waals surface area contributed by atoms with Crippen LogP contribution in [0.15, 0.2) is 34.8 Å². The van der Waals surface area contributed by atoms with Crippen LogP contribution in [0, 0.1) is 23.6 Å². The Morgan fingerprint density at radius 3 is 2.62 bits per heavy atom. The van der Waals surface area contributed by atoms with E-state index in [2.05, 4.69) is 16.0 Å². The van der Waals surface area contributed by atoms with E-state index in [1.807, 2.05) is 10.8 Å². The van der Waals surface area contributed by atoms with Gasteiger partial charge in [0.15, 0.2) is 0 Å². The quantitative estimate of drug-likeness (QED) is 0.304. The van der Waals surface area contributed by atoms with Crippen LogP contribution in [0.25, 0.3) is 10.8 Å². The van der Waals surface area contributed by atoms with Gasteiger partial charge in [0.1, 0.15) is 16.9 Å². The third-order valence-corrected chi connectivity index (χ3v) is 11.1. The number of thiazole rings is 1. The molecule has 2 aromatic heterocycles. The molecule has 8 rings (SSSR count). The molecule has 4 bridgehead atoms. The molecule has 2 N–H and O–H groups in total. The number of carbonyl (C=O) groups excluding carboxylic acids is 2. The second-order valence-electron chi connectivity index (χ2n) is 11.7. The summed E-state index contributed by atoms with van der Waals surface area (Å²) in [7, 11) is 0. The number of aromatic nitrogens is 2. The third-order valence-electron chi connectivity index (χ3n) is 8.91. The molecule has 2 amide bonds. The summed E-state index contributed by atoms with van der Waals surface area (Å²) in [4.78, 5) is 29.6. The van der Waals surface area contributed by atoms with Gasteiger partial charge in [0.25, 0.3) is 0 Å². The lowest BCUT2D eigenvalue weighted by molar-refractivity contribution is -0.135. The second kappa shape index (κ2) is 9.20. The fourth-order valence-electron chi connectivity index (χ4n) is 7.71. The SMILES string of the molecule is O=C1CCC(n2cc3cc(F)cc(SCc4nc(CNC56CC7CC(CC(C7)C5)C6)cs4)c3c2)C(=O)N1. The molecule has 9 heteroatoms. The molecule has 5 aliphatic rings. The van der Waals surface area contributed by atoms with E-state index in [0.717, 1.165) is 50.7 Å². The summed E-state index contributed by atoms with van der Waals surface area (Å²) in [6.07, 6.45) is 12.8. The van der Waals surface area contributed by atoms with Gasteiger partial charge in [-0.3, -0.25) is 14.9 Å². The Morgan fingerprint density at radius 2 is 1.89 bits per heavy atom. The van der Waals surface area contributed by atoms with Gasteiger partial charge in [-0.15, -0.1) is 23.1 Å². The molecule has 1 aliphatic heterocycles. The molecule has 1 saturated heterocycles. The highest BCUT2D eigenvalue weighted by atomic mass is 32.2. The number of nitrogens with one attached hydrogen (secondary N) is 2. The Labute approximate surface area is 223 Å². The number of halogens is 1. The second-order valence-corrected chi connectivity index (χ2v) is 13.6. The molecule has 6 nitrogen and oxygen atoms in total. The predicted molar refractivity (Wildman–Crippen MR) is 143 cm³/mol. The molecule has 1 unspecified atom stereocenters. The van der Waals surface area contributed by atoms with E-state index in [1.165, 1.54) is 44.6 Å². The first-order valence-corrected chi connectivity index (χ1v) is 15.2. The monoisotopic (exact) mass is 538 g/mol. The van der Waals surface area contributed by atoms with Crippen molar-refractivity contribution in [3.05, 3.63) is 46.4 Å². The number of fused-ring (bicyclic) bond motifs is 1. The molecule has 194 valence electrons. The van der Waals surface area contributed by atoms with E-state index < -0.39 is 6.04 Å². The van der Waals surface area contributed by atoms with Gasteiger partial charge >= 0.3 is 0 Å². The molecular formula is C28H31FN4O2S2. The lowest BCUT2D eigenvalue weighted by atomic mass is 9.53. The van der Waals surface area contributed by atoms with Crippen molar-refractivity contribution in [2.75, 3.05) is 0 Å². The lowest BCUT2D eigenvalue weighted by Gasteiger charge is -2.57.